The molecule has 0 atom stereocenters. The van der Waals surface area contributed by atoms with Crippen LogP contribution in [0.1, 0.15) is 35.8 Å². The molecule has 0 saturated carbocycles. The van der Waals surface area contributed by atoms with Crippen molar-refractivity contribution in [3.8, 4) is 34.4 Å². The van der Waals surface area contributed by atoms with E-state index in [9.17, 15) is 14.9 Å². The first-order valence-electron chi connectivity index (χ1n) is 11.8. The van der Waals surface area contributed by atoms with Gasteiger partial charge in [0.1, 0.15) is 5.69 Å². The van der Waals surface area contributed by atoms with Crippen LogP contribution in [0.15, 0.2) is 30.6 Å². The minimum absolute atomic E-state index is 0.0291. The molecule has 1 aliphatic rings. The number of aromatic nitrogens is 4. The van der Waals surface area contributed by atoms with Crippen molar-refractivity contribution in [2.75, 3.05) is 6.61 Å². The molecule has 1 saturated heterocycles. The van der Waals surface area contributed by atoms with E-state index >= 15 is 0 Å². The van der Waals surface area contributed by atoms with Gasteiger partial charge in [-0.1, -0.05) is 18.6 Å². The monoisotopic (exact) mass is 487 g/mol. The highest BCUT2D eigenvalue weighted by Gasteiger charge is 2.32. The molecule has 1 aromatic carbocycles. The zero-order valence-electron chi connectivity index (χ0n) is 20.2. The van der Waals surface area contributed by atoms with E-state index in [1.807, 2.05) is 19.9 Å². The van der Waals surface area contributed by atoms with Gasteiger partial charge in [0.15, 0.2) is 11.6 Å². The third-order valence-electron chi connectivity index (χ3n) is 6.37. The van der Waals surface area contributed by atoms with Gasteiger partial charge in [-0.25, -0.2) is 15.2 Å². The largest absolute Gasteiger partial charge is 0.487 e. The third kappa shape index (κ3) is 5.20. The maximum atomic E-state index is 12.1. The highest BCUT2D eigenvalue weighted by Crippen LogP contribution is 2.39. The van der Waals surface area contributed by atoms with Crippen molar-refractivity contribution in [3.63, 3.8) is 0 Å². The number of hydrogen-bond acceptors (Lipinski definition) is 8. The van der Waals surface area contributed by atoms with Crippen LogP contribution in [-0.2, 0) is 6.54 Å². The van der Waals surface area contributed by atoms with E-state index in [0.29, 0.717) is 30.3 Å². The lowest BCUT2D eigenvalue weighted by molar-refractivity contribution is -0.385. The van der Waals surface area contributed by atoms with Crippen LogP contribution in [-0.4, -0.2) is 43.9 Å². The van der Waals surface area contributed by atoms with E-state index < -0.39 is 10.8 Å². The van der Waals surface area contributed by atoms with Crippen LogP contribution >= 0.6 is 0 Å². The summed E-state index contributed by atoms with van der Waals surface area (Å²) < 4.78 is 7.56. The summed E-state index contributed by atoms with van der Waals surface area (Å²) in [7, 11) is 0. The molecule has 184 valence electrons. The first-order chi connectivity index (χ1) is 17.3. The molecule has 0 unspecified atom stereocenters. The fourth-order valence-corrected chi connectivity index (χ4v) is 4.47. The van der Waals surface area contributed by atoms with Gasteiger partial charge in [-0.15, -0.1) is 0 Å². The van der Waals surface area contributed by atoms with E-state index in [1.165, 1.54) is 24.5 Å². The molecule has 0 bridgehead atoms. The predicted molar refractivity (Wildman–Crippen MR) is 133 cm³/mol. The van der Waals surface area contributed by atoms with Gasteiger partial charge in [0.2, 0.25) is 5.91 Å². The minimum atomic E-state index is -0.729. The quantitative estimate of drug-likeness (QED) is 0.196. The fraction of sp³-hybridized carbons (Fsp3) is 0.375. The summed E-state index contributed by atoms with van der Waals surface area (Å²) in [6.45, 7) is 4.85. The van der Waals surface area contributed by atoms with E-state index in [4.69, 9.17) is 15.7 Å². The van der Waals surface area contributed by atoms with Crippen molar-refractivity contribution in [2.45, 2.75) is 45.9 Å². The molecule has 2 N–H and O–H groups in total. The lowest BCUT2D eigenvalue weighted by atomic mass is 9.32. The Labute approximate surface area is 208 Å². The number of rotatable bonds is 10. The molecule has 2 aromatic heterocycles. The maximum absolute atomic E-state index is 12.1. The van der Waals surface area contributed by atoms with Crippen molar-refractivity contribution in [3.05, 3.63) is 52.0 Å². The van der Waals surface area contributed by atoms with Crippen LogP contribution < -0.4 is 10.5 Å². The van der Waals surface area contributed by atoms with Gasteiger partial charge in [0.05, 0.1) is 22.8 Å². The van der Waals surface area contributed by atoms with Gasteiger partial charge in [-0.2, -0.15) is 5.10 Å². The average Bonchev–Trinajstić information content (AvgIpc) is 3.22. The number of nitro benzene ring substituents is 1. The molecule has 4 rings (SSSR count). The van der Waals surface area contributed by atoms with Gasteiger partial charge in [-0.3, -0.25) is 19.6 Å². The number of aryl methyl sites for hydroxylation is 2. The zero-order valence-corrected chi connectivity index (χ0v) is 20.2. The van der Waals surface area contributed by atoms with E-state index in [0.717, 1.165) is 30.4 Å². The average molecular weight is 487 g/mol. The normalized spacial score (nSPS) is 13.2. The van der Waals surface area contributed by atoms with Gasteiger partial charge in [-0.05, 0) is 38.8 Å². The molecule has 0 aliphatic carbocycles. The molecule has 3 heterocycles. The second kappa shape index (κ2) is 10.6. The molecule has 1 amide bonds. The lowest BCUT2D eigenvalue weighted by Crippen LogP contribution is -2.30. The first kappa shape index (κ1) is 24.8. The van der Waals surface area contributed by atoms with Gasteiger partial charge in [0.25, 0.3) is 6.71 Å². The van der Waals surface area contributed by atoms with Crippen LogP contribution in [0.3, 0.4) is 0 Å². The van der Waals surface area contributed by atoms with Crippen molar-refractivity contribution in [2.24, 2.45) is 11.7 Å². The van der Waals surface area contributed by atoms with Crippen LogP contribution in [0.25, 0.3) is 22.6 Å². The van der Waals surface area contributed by atoms with Crippen molar-refractivity contribution >= 4 is 18.3 Å². The van der Waals surface area contributed by atoms with E-state index in [-0.39, 0.29) is 35.9 Å². The Morgan fingerprint density at radius 3 is 2.67 bits per heavy atom. The van der Waals surface area contributed by atoms with Gasteiger partial charge < -0.3 is 10.5 Å². The summed E-state index contributed by atoms with van der Waals surface area (Å²) in [6, 6.07) is 4.53. The summed E-state index contributed by atoms with van der Waals surface area (Å²) >= 11 is 0. The van der Waals surface area contributed by atoms with Crippen molar-refractivity contribution < 1.29 is 14.5 Å². The topological polar surface area (TPSA) is 163 Å². The highest BCUT2D eigenvalue weighted by atomic mass is 16.6. The lowest BCUT2D eigenvalue weighted by Gasteiger charge is -2.27. The molecular formula is C24H26BN7O4. The number of nitrogens with zero attached hydrogens (tertiary/aromatic N) is 6. The molecule has 3 aromatic rings. The number of carbonyl (C=O) groups excluding carboxylic acids is 1. The number of hydrogen-bond donors (Lipinski definition) is 1. The second-order valence-electron chi connectivity index (χ2n) is 8.93. The zero-order chi connectivity index (χ0) is 25.8. The number of carbonyl (C=O) groups is 1. The summed E-state index contributed by atoms with van der Waals surface area (Å²) in [5, 5.41) is 25.4. The second-order valence-corrected chi connectivity index (χ2v) is 8.93. The maximum Gasteiger partial charge on any atom is 0.318 e. The molecular weight excluding hydrogens is 461 g/mol. The van der Waals surface area contributed by atoms with Gasteiger partial charge in [0, 0.05) is 42.1 Å². The third-order valence-corrected chi connectivity index (χ3v) is 6.37. The molecule has 11 nitrogen and oxygen atoms in total. The fourth-order valence-electron chi connectivity index (χ4n) is 4.47. The first-order valence-corrected chi connectivity index (χ1v) is 11.8. The predicted octanol–water partition coefficient (Wildman–Crippen LogP) is 3.69. The van der Waals surface area contributed by atoms with E-state index in [2.05, 4.69) is 21.0 Å². The van der Waals surface area contributed by atoms with Crippen molar-refractivity contribution in [1.29, 1.82) is 5.26 Å². The number of nitro groups is 1. The Kier molecular flexibility index (Phi) is 7.29. The Morgan fingerprint density at radius 2 is 2.06 bits per heavy atom. The van der Waals surface area contributed by atoms with Crippen LogP contribution in [0.2, 0.25) is 12.6 Å². The number of amides is 1. The number of ether oxygens (including phenoxy) is 1. The highest BCUT2D eigenvalue weighted by molar-refractivity contribution is 6.69. The Bertz CT molecular complexity index is 1330. The minimum Gasteiger partial charge on any atom is -0.487 e. The SMILES string of the molecule is CCn1nc(C)cc1-c1ncc(-c2cc(C(N)=O)cc(OCCCC3CB(C#N)C3)c2[N+](=O)[O-])cn1. The number of nitriles is 1. The van der Waals surface area contributed by atoms with Crippen LogP contribution in [0.4, 0.5) is 5.69 Å². The molecule has 12 heteroatoms. The van der Waals surface area contributed by atoms with Crippen LogP contribution in [0.5, 0.6) is 5.75 Å². The number of primary amides is 1. The van der Waals surface area contributed by atoms with E-state index in [1.54, 1.807) is 4.68 Å². The smallest absolute Gasteiger partial charge is 0.318 e. The molecule has 1 fully saturated rings. The van der Waals surface area contributed by atoms with Crippen LogP contribution in [0, 0.1) is 34.2 Å². The summed E-state index contributed by atoms with van der Waals surface area (Å²) in [4.78, 5) is 32.3. The standard InChI is InChI=1S/C24H26BN7O4/c1-3-31-20(7-15(2)30-31)24-28-12-18(13-29-24)19-8-17(23(27)33)9-21(22(19)32(34)35)36-6-4-5-16-10-25(11-16)14-26/h7-9,12-13,16H,3-6,10-11H2,1-2H3,(H2,27,33). The van der Waals surface area contributed by atoms with Crippen molar-refractivity contribution in [1.82, 2.24) is 19.7 Å². The summed E-state index contributed by atoms with van der Waals surface area (Å²) in [5.41, 5.74) is 7.38. The summed E-state index contributed by atoms with van der Waals surface area (Å²) in [5.74, 6) is 2.41. The molecule has 0 spiro atoms. The number of benzene rings is 1. The molecule has 0 radical (unpaired) electrons. The Hall–Kier alpha value is -4.27. The number of nitrogens with two attached hydrogens (primary N) is 1. The molecule has 1 aliphatic heterocycles. The summed E-state index contributed by atoms with van der Waals surface area (Å²) in [6.07, 6.45) is 6.27. The van der Waals surface area contributed by atoms with Gasteiger partial charge >= 0.3 is 5.69 Å². The molecule has 36 heavy (non-hydrogen) atoms. The Morgan fingerprint density at radius 1 is 1.33 bits per heavy atom. The Balaban J connectivity index is 1.61.